The SMILES string of the molecule is CCC(C)NC(=O)C(CC)N(Cc1ccc(Cl)c(Cl)c1)C(=O)Cc1cc(C)cc(C)c1. The average molecular weight is 463 g/mol. The lowest BCUT2D eigenvalue weighted by atomic mass is 10.0. The van der Waals surface area contributed by atoms with Crippen molar-refractivity contribution in [3.05, 3.63) is 68.7 Å². The smallest absolute Gasteiger partial charge is 0.243 e. The molecule has 0 aliphatic carbocycles. The Kier molecular flexibility index (Phi) is 9.39. The summed E-state index contributed by atoms with van der Waals surface area (Å²) < 4.78 is 0. The van der Waals surface area contributed by atoms with Gasteiger partial charge in [-0.15, -0.1) is 0 Å². The van der Waals surface area contributed by atoms with Gasteiger partial charge >= 0.3 is 0 Å². The second kappa shape index (κ2) is 11.5. The lowest BCUT2D eigenvalue weighted by Gasteiger charge is -2.31. The molecule has 0 bridgehead atoms. The summed E-state index contributed by atoms with van der Waals surface area (Å²) in [5.41, 5.74) is 4.00. The predicted octanol–water partition coefficient (Wildman–Crippen LogP) is 5.87. The van der Waals surface area contributed by atoms with E-state index in [2.05, 4.69) is 11.4 Å². The third-order valence-corrected chi connectivity index (χ3v) is 6.10. The number of rotatable bonds is 9. The first kappa shape index (κ1) is 25.2. The highest BCUT2D eigenvalue weighted by Gasteiger charge is 2.29. The topological polar surface area (TPSA) is 49.4 Å². The van der Waals surface area contributed by atoms with E-state index >= 15 is 0 Å². The molecule has 0 heterocycles. The van der Waals surface area contributed by atoms with Crippen molar-refractivity contribution in [3.8, 4) is 0 Å². The van der Waals surface area contributed by atoms with Crippen molar-refractivity contribution in [1.82, 2.24) is 10.2 Å². The highest BCUT2D eigenvalue weighted by atomic mass is 35.5. The lowest BCUT2D eigenvalue weighted by molar-refractivity contribution is -0.141. The summed E-state index contributed by atoms with van der Waals surface area (Å²) in [6.07, 6.45) is 1.57. The summed E-state index contributed by atoms with van der Waals surface area (Å²) in [7, 11) is 0. The number of carbonyl (C=O) groups excluding carboxylic acids is 2. The molecule has 0 radical (unpaired) electrons. The molecular weight excluding hydrogens is 431 g/mol. The molecule has 0 saturated carbocycles. The highest BCUT2D eigenvalue weighted by molar-refractivity contribution is 6.42. The Hall–Kier alpha value is -2.04. The first-order chi connectivity index (χ1) is 14.6. The molecule has 2 atom stereocenters. The number of hydrogen-bond acceptors (Lipinski definition) is 2. The maximum Gasteiger partial charge on any atom is 0.243 e. The zero-order chi connectivity index (χ0) is 23.1. The van der Waals surface area contributed by atoms with Crippen LogP contribution in [-0.4, -0.2) is 28.8 Å². The van der Waals surface area contributed by atoms with Gasteiger partial charge in [0, 0.05) is 12.6 Å². The van der Waals surface area contributed by atoms with E-state index in [1.165, 1.54) is 0 Å². The summed E-state index contributed by atoms with van der Waals surface area (Å²) in [5.74, 6) is -0.229. The number of nitrogens with one attached hydrogen (secondary N) is 1. The van der Waals surface area contributed by atoms with Crippen molar-refractivity contribution in [2.24, 2.45) is 0 Å². The summed E-state index contributed by atoms with van der Waals surface area (Å²) in [5, 5.41) is 3.91. The van der Waals surface area contributed by atoms with E-state index in [-0.39, 0.29) is 30.8 Å². The molecule has 0 aromatic heterocycles. The van der Waals surface area contributed by atoms with E-state index < -0.39 is 6.04 Å². The summed E-state index contributed by atoms with van der Waals surface area (Å²) in [6, 6.07) is 10.9. The fraction of sp³-hybridized carbons (Fsp3) is 0.440. The molecule has 0 aliphatic heterocycles. The van der Waals surface area contributed by atoms with E-state index in [4.69, 9.17) is 23.2 Å². The molecule has 168 valence electrons. The molecule has 0 aliphatic rings. The van der Waals surface area contributed by atoms with Crippen LogP contribution < -0.4 is 5.32 Å². The minimum absolute atomic E-state index is 0.0444. The molecule has 2 amide bonds. The van der Waals surface area contributed by atoms with Crippen LogP contribution in [0.4, 0.5) is 0 Å². The van der Waals surface area contributed by atoms with Crippen LogP contribution >= 0.6 is 23.2 Å². The number of aryl methyl sites for hydroxylation is 2. The van der Waals surface area contributed by atoms with Gasteiger partial charge in [-0.3, -0.25) is 9.59 Å². The minimum atomic E-state index is -0.568. The van der Waals surface area contributed by atoms with Crippen molar-refractivity contribution in [2.45, 2.75) is 72.5 Å². The molecule has 1 N–H and O–H groups in total. The minimum Gasteiger partial charge on any atom is -0.352 e. The zero-order valence-electron chi connectivity index (χ0n) is 19.0. The fourth-order valence-electron chi connectivity index (χ4n) is 3.64. The van der Waals surface area contributed by atoms with E-state index in [1.807, 2.05) is 52.8 Å². The number of amides is 2. The fourth-order valence-corrected chi connectivity index (χ4v) is 3.96. The van der Waals surface area contributed by atoms with Crippen LogP contribution in [0.1, 0.15) is 55.9 Å². The Morgan fingerprint density at radius 1 is 0.935 bits per heavy atom. The van der Waals surface area contributed by atoms with Gasteiger partial charge in [-0.1, -0.05) is 72.4 Å². The summed E-state index contributed by atoms with van der Waals surface area (Å²) in [4.78, 5) is 28.1. The van der Waals surface area contributed by atoms with Crippen LogP contribution in [0.5, 0.6) is 0 Å². The quantitative estimate of drug-likeness (QED) is 0.505. The Morgan fingerprint density at radius 3 is 2.13 bits per heavy atom. The molecule has 31 heavy (non-hydrogen) atoms. The maximum absolute atomic E-state index is 13.4. The van der Waals surface area contributed by atoms with Crippen molar-refractivity contribution < 1.29 is 9.59 Å². The summed E-state index contributed by atoms with van der Waals surface area (Å²) in [6.45, 7) is 10.2. The molecule has 4 nitrogen and oxygen atoms in total. The van der Waals surface area contributed by atoms with Crippen LogP contribution in [-0.2, 0) is 22.6 Å². The lowest BCUT2D eigenvalue weighted by Crippen LogP contribution is -2.51. The zero-order valence-corrected chi connectivity index (χ0v) is 20.5. The van der Waals surface area contributed by atoms with Crippen molar-refractivity contribution >= 4 is 35.0 Å². The van der Waals surface area contributed by atoms with E-state index in [9.17, 15) is 9.59 Å². The largest absolute Gasteiger partial charge is 0.352 e. The van der Waals surface area contributed by atoms with Gasteiger partial charge in [0.15, 0.2) is 0 Å². The number of hydrogen-bond donors (Lipinski definition) is 1. The molecule has 2 rings (SSSR count). The molecule has 6 heteroatoms. The van der Waals surface area contributed by atoms with Crippen LogP contribution in [0.15, 0.2) is 36.4 Å². The van der Waals surface area contributed by atoms with Gasteiger partial charge in [0.05, 0.1) is 16.5 Å². The first-order valence-corrected chi connectivity index (χ1v) is 11.5. The van der Waals surface area contributed by atoms with Crippen LogP contribution in [0.2, 0.25) is 10.0 Å². The Morgan fingerprint density at radius 2 is 1.58 bits per heavy atom. The number of carbonyl (C=O) groups is 2. The molecule has 0 fully saturated rings. The van der Waals surface area contributed by atoms with Gasteiger partial charge < -0.3 is 10.2 Å². The Labute approximate surface area is 195 Å². The molecule has 2 aromatic rings. The monoisotopic (exact) mass is 462 g/mol. The third kappa shape index (κ3) is 7.26. The number of halogens is 2. The summed E-state index contributed by atoms with van der Waals surface area (Å²) >= 11 is 12.2. The van der Waals surface area contributed by atoms with Crippen molar-refractivity contribution in [3.63, 3.8) is 0 Å². The second-order valence-corrected chi connectivity index (χ2v) is 9.00. The Balaban J connectivity index is 2.35. The standard InChI is InChI=1S/C25H32Cl2N2O2/c1-6-18(5)28-25(31)23(7-2)29(15-19-8-9-21(26)22(27)13-19)24(30)14-20-11-16(3)10-17(4)12-20/h8-13,18,23H,6-7,14-15H2,1-5H3,(H,28,31). The molecule has 2 aromatic carbocycles. The van der Waals surface area contributed by atoms with Gasteiger partial charge in [0.2, 0.25) is 11.8 Å². The first-order valence-electron chi connectivity index (χ1n) is 10.8. The Bertz CT molecular complexity index is 909. The van der Waals surface area contributed by atoms with E-state index in [0.717, 1.165) is 28.7 Å². The van der Waals surface area contributed by atoms with Crippen molar-refractivity contribution in [2.75, 3.05) is 0 Å². The third-order valence-electron chi connectivity index (χ3n) is 5.36. The van der Waals surface area contributed by atoms with Crippen LogP contribution in [0.25, 0.3) is 0 Å². The van der Waals surface area contributed by atoms with Crippen molar-refractivity contribution in [1.29, 1.82) is 0 Å². The van der Waals surface area contributed by atoms with Crippen LogP contribution in [0, 0.1) is 13.8 Å². The maximum atomic E-state index is 13.4. The molecule has 2 unspecified atom stereocenters. The normalized spacial score (nSPS) is 12.9. The number of nitrogens with zero attached hydrogens (tertiary/aromatic N) is 1. The predicted molar refractivity (Wildman–Crippen MR) is 129 cm³/mol. The van der Waals surface area contributed by atoms with Gasteiger partial charge in [0.1, 0.15) is 6.04 Å². The molecule has 0 spiro atoms. The number of benzene rings is 2. The van der Waals surface area contributed by atoms with Gasteiger partial charge in [0.25, 0.3) is 0 Å². The van der Waals surface area contributed by atoms with Gasteiger partial charge in [-0.25, -0.2) is 0 Å². The van der Waals surface area contributed by atoms with E-state index in [0.29, 0.717) is 16.5 Å². The van der Waals surface area contributed by atoms with Gasteiger partial charge in [-0.05, 0) is 56.9 Å². The molecule has 0 saturated heterocycles. The van der Waals surface area contributed by atoms with E-state index in [1.54, 1.807) is 17.0 Å². The average Bonchev–Trinajstić information content (AvgIpc) is 2.69. The van der Waals surface area contributed by atoms with Crippen LogP contribution in [0.3, 0.4) is 0 Å². The molecular formula is C25H32Cl2N2O2. The highest BCUT2D eigenvalue weighted by Crippen LogP contribution is 2.24. The van der Waals surface area contributed by atoms with Gasteiger partial charge in [-0.2, -0.15) is 0 Å². The second-order valence-electron chi connectivity index (χ2n) is 8.18.